The van der Waals surface area contributed by atoms with Crippen molar-refractivity contribution in [2.45, 2.75) is 27.7 Å². The van der Waals surface area contributed by atoms with Crippen LogP contribution in [0.15, 0.2) is 103 Å². The topological polar surface area (TPSA) is 26.3 Å². The summed E-state index contributed by atoms with van der Waals surface area (Å²) in [6.07, 6.45) is 12.4. The Labute approximate surface area is 229 Å². The van der Waals surface area contributed by atoms with Gasteiger partial charge < -0.3 is 33.6 Å². The fourth-order valence-electron chi connectivity index (χ4n) is 4.10. The molecule has 0 unspecified atom stereocenters. The third-order valence-electron chi connectivity index (χ3n) is 5.42. The smallest absolute Gasteiger partial charge is 1.00 e. The SMILES string of the molecule is CC1=PC2=C(C)C=C(c3ccco3)C2=C1.CC1=PC2=C(C)C=C(c3ccco3)C2=C1.[Cl-].[Cl-].[Zr+2]. The van der Waals surface area contributed by atoms with Gasteiger partial charge in [-0.25, -0.2) is 0 Å². The summed E-state index contributed by atoms with van der Waals surface area (Å²) < 4.78 is 10.9. The van der Waals surface area contributed by atoms with Crippen molar-refractivity contribution < 1.29 is 59.9 Å². The van der Waals surface area contributed by atoms with E-state index in [2.05, 4.69) is 52.0 Å². The fraction of sp³-hybridized carbons (Fsp3) is 0.154. The Morgan fingerprint density at radius 3 is 1.30 bits per heavy atom. The molecule has 2 aliphatic heterocycles. The normalized spacial score (nSPS) is 18.2. The molecule has 2 aromatic rings. The molecule has 0 spiro atoms. The number of rotatable bonds is 2. The fourth-order valence-corrected chi connectivity index (χ4v) is 6.29. The van der Waals surface area contributed by atoms with E-state index in [1.807, 2.05) is 24.3 Å². The van der Waals surface area contributed by atoms with Gasteiger partial charge in [-0.05, 0) is 109 Å². The molecule has 0 fully saturated rings. The van der Waals surface area contributed by atoms with Crippen LogP contribution in [-0.2, 0) is 26.2 Å². The van der Waals surface area contributed by atoms with Crippen LogP contribution in [0.3, 0.4) is 0 Å². The Morgan fingerprint density at radius 2 is 0.970 bits per heavy atom. The molecule has 6 rings (SSSR count). The maximum absolute atomic E-state index is 5.46. The molecule has 4 aliphatic rings. The summed E-state index contributed by atoms with van der Waals surface area (Å²) in [5, 5.41) is 5.71. The molecule has 0 saturated carbocycles. The average Bonchev–Trinajstić information content (AvgIpc) is 3.51. The van der Waals surface area contributed by atoms with Crippen LogP contribution >= 0.6 is 16.4 Å². The number of allylic oxidation sites excluding steroid dienone is 12. The van der Waals surface area contributed by atoms with Gasteiger partial charge >= 0.3 is 26.2 Å². The molecule has 0 atom stereocenters. The predicted molar refractivity (Wildman–Crippen MR) is 130 cm³/mol. The molecule has 2 aliphatic carbocycles. The zero-order valence-electron chi connectivity index (χ0n) is 18.7. The van der Waals surface area contributed by atoms with Crippen molar-refractivity contribution in [2.75, 3.05) is 0 Å². The van der Waals surface area contributed by atoms with E-state index in [9.17, 15) is 0 Å². The van der Waals surface area contributed by atoms with Gasteiger partial charge in [0.05, 0.1) is 12.5 Å². The van der Waals surface area contributed by atoms with Gasteiger partial charge in [0.1, 0.15) is 11.5 Å². The summed E-state index contributed by atoms with van der Waals surface area (Å²) in [5.41, 5.74) is 7.90. The van der Waals surface area contributed by atoms with Crippen molar-refractivity contribution in [3.8, 4) is 0 Å². The van der Waals surface area contributed by atoms with E-state index in [4.69, 9.17) is 8.83 Å². The minimum Gasteiger partial charge on any atom is -1.00 e. The molecule has 0 saturated heterocycles. The molecule has 166 valence electrons. The number of furan rings is 2. The summed E-state index contributed by atoms with van der Waals surface area (Å²) in [4.78, 5) is 0. The van der Waals surface area contributed by atoms with E-state index < -0.39 is 0 Å². The second kappa shape index (κ2) is 11.5. The quantitative estimate of drug-likeness (QED) is 0.501. The van der Waals surface area contributed by atoms with E-state index >= 15 is 0 Å². The van der Waals surface area contributed by atoms with Crippen molar-refractivity contribution in [1.82, 2.24) is 0 Å². The minimum atomic E-state index is 0. The summed E-state index contributed by atoms with van der Waals surface area (Å²) in [5.74, 6) is 1.95. The second-order valence-electron chi connectivity index (χ2n) is 7.76. The number of fused-ring (bicyclic) bond motifs is 2. The summed E-state index contributed by atoms with van der Waals surface area (Å²) >= 11 is 0. The Bertz CT molecular complexity index is 1200. The van der Waals surface area contributed by atoms with Crippen molar-refractivity contribution >= 4 is 38.1 Å². The Balaban J connectivity index is 0.000000214. The van der Waals surface area contributed by atoms with Crippen LogP contribution < -0.4 is 24.8 Å². The molecular weight excluding hydrogens is 568 g/mol. The molecule has 4 heterocycles. The molecule has 0 amide bonds. The standard InChI is InChI=1S/2C13H11OP.2ClH.Zr/c2*1-8-6-10(12-4-3-5-14-12)11-7-9(2)15-13(8)11;;;/h2*3-7H,1-2H3;2*1H;/q;;;;+2/p-2. The van der Waals surface area contributed by atoms with E-state index in [1.54, 1.807) is 12.5 Å². The van der Waals surface area contributed by atoms with Gasteiger partial charge in [-0.2, -0.15) is 0 Å². The summed E-state index contributed by atoms with van der Waals surface area (Å²) in [7, 11) is 2.70. The van der Waals surface area contributed by atoms with Crippen molar-refractivity contribution in [1.29, 1.82) is 0 Å². The maximum Gasteiger partial charge on any atom is 2.00 e. The molecule has 2 nitrogen and oxygen atoms in total. The molecule has 0 radical (unpaired) electrons. The van der Waals surface area contributed by atoms with Crippen LogP contribution in [0.4, 0.5) is 0 Å². The van der Waals surface area contributed by atoms with E-state index in [0.29, 0.717) is 0 Å². The van der Waals surface area contributed by atoms with Crippen molar-refractivity contribution in [3.63, 3.8) is 0 Å². The largest absolute Gasteiger partial charge is 2.00 e. The van der Waals surface area contributed by atoms with Crippen LogP contribution in [-0.4, -0.2) is 10.6 Å². The minimum absolute atomic E-state index is 0. The molecule has 0 aromatic carbocycles. The van der Waals surface area contributed by atoms with E-state index in [0.717, 1.165) is 11.5 Å². The Morgan fingerprint density at radius 1 is 0.576 bits per heavy atom. The monoisotopic (exact) mass is 588 g/mol. The summed E-state index contributed by atoms with van der Waals surface area (Å²) in [6, 6.07) is 7.92. The predicted octanol–water partition coefficient (Wildman–Crippen LogP) is 2.06. The number of hydrogen-bond acceptors (Lipinski definition) is 2. The number of hydrogen-bond donors (Lipinski definition) is 0. The van der Waals surface area contributed by atoms with Gasteiger partial charge in [0.25, 0.3) is 0 Å². The van der Waals surface area contributed by atoms with Crippen LogP contribution in [0.1, 0.15) is 39.2 Å². The van der Waals surface area contributed by atoms with Crippen LogP contribution in [0, 0.1) is 0 Å². The van der Waals surface area contributed by atoms with Gasteiger partial charge in [0.2, 0.25) is 0 Å². The van der Waals surface area contributed by atoms with Gasteiger partial charge in [-0.1, -0.05) is 16.4 Å². The molecular formula is C26H22Cl2O2P2Zr. The second-order valence-corrected chi connectivity index (χ2v) is 10.5. The van der Waals surface area contributed by atoms with Crippen LogP contribution in [0.2, 0.25) is 0 Å². The zero-order valence-corrected chi connectivity index (χ0v) is 24.5. The van der Waals surface area contributed by atoms with E-state index in [1.165, 1.54) is 71.1 Å². The molecule has 7 heteroatoms. The average molecular weight is 591 g/mol. The van der Waals surface area contributed by atoms with Gasteiger partial charge in [0.15, 0.2) is 0 Å². The Kier molecular flexibility index (Phi) is 9.76. The maximum atomic E-state index is 5.46. The first-order valence-corrected chi connectivity index (χ1v) is 11.8. The first-order chi connectivity index (χ1) is 14.5. The van der Waals surface area contributed by atoms with Crippen molar-refractivity contribution in [3.05, 3.63) is 106 Å². The number of halogens is 2. The first kappa shape index (κ1) is 28.0. The molecule has 2 aromatic heterocycles. The van der Waals surface area contributed by atoms with E-state index in [-0.39, 0.29) is 51.0 Å². The van der Waals surface area contributed by atoms with Crippen LogP contribution in [0.5, 0.6) is 0 Å². The zero-order chi connectivity index (χ0) is 20.8. The summed E-state index contributed by atoms with van der Waals surface area (Å²) in [6.45, 7) is 8.69. The molecule has 33 heavy (non-hydrogen) atoms. The molecule has 0 bridgehead atoms. The van der Waals surface area contributed by atoms with Crippen LogP contribution in [0.25, 0.3) is 11.1 Å². The van der Waals surface area contributed by atoms with Gasteiger partial charge in [-0.3, -0.25) is 0 Å². The third kappa shape index (κ3) is 5.40. The van der Waals surface area contributed by atoms with Gasteiger partial charge in [-0.15, -0.1) is 0 Å². The Hall–Kier alpha value is -1.20. The molecule has 0 N–H and O–H groups in total. The van der Waals surface area contributed by atoms with Gasteiger partial charge in [0, 0.05) is 21.8 Å². The van der Waals surface area contributed by atoms with Crippen molar-refractivity contribution in [2.24, 2.45) is 0 Å². The first-order valence-electron chi connectivity index (χ1n) is 9.99. The third-order valence-corrected chi connectivity index (χ3v) is 8.01.